The minimum Gasteiger partial charge on any atom is -0.398 e. The SMILES string of the molecule is COCOC/C(C)=C/[C@@H](O[Si](c1ccccc1)(c1ccccc1)C(C)(C)C)[C@H]1COC(C)(C)O1. The van der Waals surface area contributed by atoms with Crippen LogP contribution in [-0.4, -0.2) is 53.4 Å². The molecule has 2 atom stereocenters. The monoisotopic (exact) mass is 484 g/mol. The highest BCUT2D eigenvalue weighted by atomic mass is 28.4. The molecule has 1 aliphatic heterocycles. The lowest BCUT2D eigenvalue weighted by Gasteiger charge is -2.45. The second kappa shape index (κ2) is 11.3. The Balaban J connectivity index is 2.11. The number of hydrogen-bond acceptors (Lipinski definition) is 5. The van der Waals surface area contributed by atoms with Crippen molar-refractivity contribution in [1.82, 2.24) is 0 Å². The van der Waals surface area contributed by atoms with Crippen molar-refractivity contribution in [3.05, 3.63) is 72.3 Å². The van der Waals surface area contributed by atoms with Gasteiger partial charge in [-0.05, 0) is 41.8 Å². The fourth-order valence-corrected chi connectivity index (χ4v) is 9.25. The van der Waals surface area contributed by atoms with Gasteiger partial charge in [-0.3, -0.25) is 0 Å². The molecule has 0 aromatic heterocycles. The maximum absolute atomic E-state index is 7.40. The zero-order valence-electron chi connectivity index (χ0n) is 21.7. The molecule has 1 heterocycles. The predicted molar refractivity (Wildman–Crippen MR) is 139 cm³/mol. The van der Waals surface area contributed by atoms with Gasteiger partial charge in [-0.2, -0.15) is 0 Å². The van der Waals surface area contributed by atoms with Gasteiger partial charge in [0.15, 0.2) is 5.79 Å². The highest BCUT2D eigenvalue weighted by Gasteiger charge is 2.53. The van der Waals surface area contributed by atoms with Crippen LogP contribution in [0.15, 0.2) is 72.3 Å². The van der Waals surface area contributed by atoms with Gasteiger partial charge >= 0.3 is 0 Å². The van der Waals surface area contributed by atoms with Crippen molar-refractivity contribution >= 4 is 18.7 Å². The molecule has 0 unspecified atom stereocenters. The Hall–Kier alpha value is -1.80. The molecule has 0 radical (unpaired) electrons. The van der Waals surface area contributed by atoms with E-state index in [1.165, 1.54) is 10.4 Å². The maximum Gasteiger partial charge on any atom is 0.262 e. The molecule has 3 rings (SSSR count). The van der Waals surface area contributed by atoms with E-state index in [0.29, 0.717) is 13.2 Å². The van der Waals surface area contributed by atoms with Gasteiger partial charge in [0.1, 0.15) is 12.9 Å². The van der Waals surface area contributed by atoms with Crippen LogP contribution in [0.2, 0.25) is 5.04 Å². The standard InChI is InChI=1S/C28H40O5Si/c1-22(19-30-21-29-7)18-25(26-20-31-28(5,6)32-26)33-34(27(2,3)4,23-14-10-8-11-15-23)24-16-12-9-13-17-24/h8-18,25-26H,19-21H2,1-7H3/b22-18+/t25-,26-/m1/s1. The van der Waals surface area contributed by atoms with Gasteiger partial charge in [0.25, 0.3) is 8.32 Å². The van der Waals surface area contributed by atoms with Crippen LogP contribution < -0.4 is 10.4 Å². The Morgan fingerprint density at radius 1 is 1.06 bits per heavy atom. The lowest BCUT2D eigenvalue weighted by molar-refractivity contribution is -0.146. The summed E-state index contributed by atoms with van der Waals surface area (Å²) in [4.78, 5) is 0. The van der Waals surface area contributed by atoms with Crippen LogP contribution in [0, 0.1) is 0 Å². The minimum atomic E-state index is -2.78. The van der Waals surface area contributed by atoms with Crippen molar-refractivity contribution in [3.8, 4) is 0 Å². The van der Waals surface area contributed by atoms with E-state index in [4.69, 9.17) is 23.4 Å². The van der Waals surface area contributed by atoms with Gasteiger partial charge in [0.05, 0.1) is 19.3 Å². The molecule has 1 saturated heterocycles. The average molecular weight is 485 g/mol. The number of hydrogen-bond donors (Lipinski definition) is 0. The van der Waals surface area contributed by atoms with E-state index in [1.807, 2.05) is 13.8 Å². The summed E-state index contributed by atoms with van der Waals surface area (Å²) in [5.41, 5.74) is 1.06. The van der Waals surface area contributed by atoms with Gasteiger partial charge in [-0.25, -0.2) is 0 Å². The quantitative estimate of drug-likeness (QED) is 0.213. The molecule has 0 amide bonds. The molecule has 0 aliphatic carbocycles. The second-order valence-electron chi connectivity index (χ2n) is 10.4. The fraction of sp³-hybridized carbons (Fsp3) is 0.500. The van der Waals surface area contributed by atoms with Crippen LogP contribution >= 0.6 is 0 Å². The first-order valence-electron chi connectivity index (χ1n) is 11.9. The lowest BCUT2D eigenvalue weighted by atomic mass is 10.1. The molecule has 2 aromatic rings. The molecule has 34 heavy (non-hydrogen) atoms. The molecule has 0 saturated carbocycles. The van der Waals surface area contributed by atoms with E-state index in [0.717, 1.165) is 5.57 Å². The lowest BCUT2D eigenvalue weighted by Crippen LogP contribution is -2.68. The van der Waals surface area contributed by atoms with Crippen molar-refractivity contribution in [3.63, 3.8) is 0 Å². The Bertz CT molecular complexity index is 881. The topological polar surface area (TPSA) is 46.2 Å². The van der Waals surface area contributed by atoms with Gasteiger partial charge in [0, 0.05) is 7.11 Å². The summed E-state index contributed by atoms with van der Waals surface area (Å²) in [5.74, 6) is -0.647. The highest BCUT2D eigenvalue weighted by Crippen LogP contribution is 2.39. The van der Waals surface area contributed by atoms with Crippen LogP contribution in [0.3, 0.4) is 0 Å². The third kappa shape index (κ3) is 6.25. The van der Waals surface area contributed by atoms with Crippen molar-refractivity contribution in [1.29, 1.82) is 0 Å². The summed E-state index contributed by atoms with van der Waals surface area (Å²) < 4.78 is 30.3. The van der Waals surface area contributed by atoms with E-state index in [-0.39, 0.29) is 24.0 Å². The van der Waals surface area contributed by atoms with Crippen molar-refractivity contribution in [2.45, 2.75) is 64.6 Å². The average Bonchev–Trinajstić information content (AvgIpc) is 3.16. The minimum absolute atomic E-state index is 0.142. The van der Waals surface area contributed by atoms with Crippen LogP contribution in [0.5, 0.6) is 0 Å². The molecule has 6 heteroatoms. The molecular formula is C28H40O5Si. The first-order valence-corrected chi connectivity index (χ1v) is 13.8. The first-order chi connectivity index (χ1) is 16.1. The van der Waals surface area contributed by atoms with Crippen LogP contribution in [0.4, 0.5) is 0 Å². The summed E-state index contributed by atoms with van der Waals surface area (Å²) in [6.07, 6.45) is 1.61. The second-order valence-corrected chi connectivity index (χ2v) is 14.6. The molecule has 0 spiro atoms. The van der Waals surface area contributed by atoms with Crippen molar-refractivity contribution in [2.24, 2.45) is 0 Å². The van der Waals surface area contributed by atoms with E-state index >= 15 is 0 Å². The maximum atomic E-state index is 7.40. The molecular weight excluding hydrogens is 444 g/mol. The summed E-state index contributed by atoms with van der Waals surface area (Å²) in [6.45, 7) is 14.0. The van der Waals surface area contributed by atoms with Gasteiger partial charge in [-0.15, -0.1) is 0 Å². The van der Waals surface area contributed by atoms with Crippen molar-refractivity contribution in [2.75, 3.05) is 27.1 Å². The molecule has 1 fully saturated rings. The largest absolute Gasteiger partial charge is 0.398 e. The van der Waals surface area contributed by atoms with Crippen LogP contribution in [0.1, 0.15) is 41.5 Å². The molecule has 0 bridgehead atoms. The van der Waals surface area contributed by atoms with Gasteiger partial charge in [-0.1, -0.05) is 87.5 Å². The Labute approximate surface area is 206 Å². The molecule has 5 nitrogen and oxygen atoms in total. The zero-order valence-corrected chi connectivity index (χ0v) is 22.7. The Morgan fingerprint density at radius 2 is 1.62 bits per heavy atom. The summed E-state index contributed by atoms with van der Waals surface area (Å²) in [5, 5.41) is 2.33. The first kappa shape index (κ1) is 26.8. The zero-order chi connectivity index (χ0) is 24.8. The normalized spacial score (nSPS) is 19.9. The molecule has 2 aromatic carbocycles. The Morgan fingerprint density at radius 3 is 2.06 bits per heavy atom. The van der Waals surface area contributed by atoms with Crippen LogP contribution in [0.25, 0.3) is 0 Å². The summed E-state index contributed by atoms with van der Waals surface area (Å²) in [7, 11) is -1.15. The van der Waals surface area contributed by atoms with Gasteiger partial charge < -0.3 is 23.4 Å². The van der Waals surface area contributed by atoms with E-state index in [2.05, 4.69) is 94.4 Å². The number of methoxy groups -OCH3 is 1. The van der Waals surface area contributed by atoms with E-state index in [9.17, 15) is 0 Å². The van der Waals surface area contributed by atoms with E-state index in [1.54, 1.807) is 7.11 Å². The predicted octanol–water partition coefficient (Wildman–Crippen LogP) is 4.65. The van der Waals surface area contributed by atoms with Crippen LogP contribution in [-0.2, 0) is 23.4 Å². The fourth-order valence-electron chi connectivity index (χ4n) is 4.60. The van der Waals surface area contributed by atoms with Crippen molar-refractivity contribution < 1.29 is 23.4 Å². The molecule has 0 N–H and O–H groups in total. The smallest absolute Gasteiger partial charge is 0.262 e. The third-order valence-corrected chi connectivity index (χ3v) is 11.1. The third-order valence-electron chi connectivity index (χ3n) is 6.11. The number of benzene rings is 2. The van der Waals surface area contributed by atoms with E-state index < -0.39 is 14.1 Å². The number of rotatable bonds is 10. The molecule has 186 valence electrons. The number of ether oxygens (including phenoxy) is 4. The Kier molecular flexibility index (Phi) is 8.90. The van der Waals surface area contributed by atoms with Gasteiger partial charge in [0.2, 0.25) is 0 Å². The summed E-state index contributed by atoms with van der Waals surface area (Å²) in [6, 6.07) is 21.3. The highest BCUT2D eigenvalue weighted by molar-refractivity contribution is 6.99. The summed E-state index contributed by atoms with van der Waals surface area (Å²) >= 11 is 0. The molecule has 1 aliphatic rings.